The van der Waals surface area contributed by atoms with Crippen molar-refractivity contribution >= 4 is 21.7 Å². The van der Waals surface area contributed by atoms with E-state index in [4.69, 9.17) is 19.7 Å². The maximum absolute atomic E-state index is 5.60. The molecule has 6 heteroatoms. The van der Waals surface area contributed by atoms with Crippen LogP contribution in [0.3, 0.4) is 0 Å². The number of aromatic nitrogens is 1. The van der Waals surface area contributed by atoms with E-state index in [2.05, 4.69) is 28.0 Å². The van der Waals surface area contributed by atoms with Gasteiger partial charge in [-0.05, 0) is 34.0 Å². The number of rotatable bonds is 4. The highest BCUT2D eigenvalue weighted by Crippen LogP contribution is 2.43. The van der Waals surface area contributed by atoms with Crippen molar-refractivity contribution in [3.63, 3.8) is 0 Å². The molecule has 0 aliphatic heterocycles. The van der Waals surface area contributed by atoms with Crippen molar-refractivity contribution in [2.45, 2.75) is 13.3 Å². The van der Waals surface area contributed by atoms with Crippen LogP contribution >= 0.6 is 15.9 Å². The Labute approximate surface area is 119 Å². The van der Waals surface area contributed by atoms with Crippen LogP contribution in [0.25, 0.3) is 11.3 Å². The summed E-state index contributed by atoms with van der Waals surface area (Å²) < 4.78 is 16.8. The van der Waals surface area contributed by atoms with E-state index in [1.807, 2.05) is 6.07 Å². The summed E-state index contributed by atoms with van der Waals surface area (Å²) in [6, 6.07) is 3.55. The molecule has 5 nitrogen and oxygen atoms in total. The molecule has 2 rings (SSSR count). The Bertz CT molecular complexity index is 596. The SMILES string of the molecule is CCc1c(-c2cc(N)no2)cc(OC)c(OC)c1Br. The van der Waals surface area contributed by atoms with Crippen LogP contribution < -0.4 is 15.2 Å². The van der Waals surface area contributed by atoms with Crippen molar-refractivity contribution in [2.24, 2.45) is 0 Å². The fourth-order valence-electron chi connectivity index (χ4n) is 1.97. The molecule has 0 unspecified atom stereocenters. The molecule has 0 aliphatic rings. The van der Waals surface area contributed by atoms with Gasteiger partial charge in [0.05, 0.1) is 18.7 Å². The number of anilines is 1. The first-order valence-electron chi connectivity index (χ1n) is 5.78. The lowest BCUT2D eigenvalue weighted by Gasteiger charge is -2.15. The number of benzene rings is 1. The normalized spacial score (nSPS) is 10.5. The van der Waals surface area contributed by atoms with Crippen molar-refractivity contribution in [3.8, 4) is 22.8 Å². The smallest absolute Gasteiger partial charge is 0.175 e. The van der Waals surface area contributed by atoms with E-state index in [1.54, 1.807) is 20.3 Å². The molecule has 0 bridgehead atoms. The number of methoxy groups -OCH3 is 2. The fraction of sp³-hybridized carbons (Fsp3) is 0.308. The molecular weight excluding hydrogens is 312 g/mol. The molecule has 1 aromatic heterocycles. The molecule has 0 radical (unpaired) electrons. The molecule has 2 N–H and O–H groups in total. The summed E-state index contributed by atoms with van der Waals surface area (Å²) >= 11 is 3.55. The topological polar surface area (TPSA) is 70.5 Å². The molecular formula is C13H15BrN2O3. The van der Waals surface area contributed by atoms with Gasteiger partial charge < -0.3 is 19.7 Å². The van der Waals surface area contributed by atoms with E-state index < -0.39 is 0 Å². The number of nitrogens with zero attached hydrogens (tertiary/aromatic N) is 1. The lowest BCUT2D eigenvalue weighted by Crippen LogP contribution is -1.97. The minimum Gasteiger partial charge on any atom is -0.493 e. The number of hydrogen-bond acceptors (Lipinski definition) is 5. The maximum atomic E-state index is 5.60. The van der Waals surface area contributed by atoms with Gasteiger partial charge in [-0.25, -0.2) is 0 Å². The first-order valence-corrected chi connectivity index (χ1v) is 6.57. The van der Waals surface area contributed by atoms with E-state index >= 15 is 0 Å². The Morgan fingerprint density at radius 1 is 1.32 bits per heavy atom. The molecule has 1 heterocycles. The fourth-order valence-corrected chi connectivity index (χ4v) is 2.82. The van der Waals surface area contributed by atoms with Crippen molar-refractivity contribution < 1.29 is 14.0 Å². The van der Waals surface area contributed by atoms with E-state index in [-0.39, 0.29) is 0 Å². The standard InChI is InChI=1S/C13H15BrN2O3/c1-4-7-8(9-6-11(15)16-19-9)5-10(17-2)13(18-3)12(7)14/h5-6H,4H2,1-3H3,(H2,15,16). The number of ether oxygens (including phenoxy) is 2. The van der Waals surface area contributed by atoms with Crippen molar-refractivity contribution in [1.29, 1.82) is 0 Å². The van der Waals surface area contributed by atoms with Crippen LogP contribution in [0, 0.1) is 0 Å². The molecule has 0 fully saturated rings. The predicted molar refractivity (Wildman–Crippen MR) is 76.5 cm³/mol. The third-order valence-corrected chi connectivity index (χ3v) is 3.70. The molecule has 2 aromatic rings. The zero-order valence-corrected chi connectivity index (χ0v) is 12.6. The summed E-state index contributed by atoms with van der Waals surface area (Å²) in [4.78, 5) is 0. The van der Waals surface area contributed by atoms with Crippen LogP contribution in [-0.4, -0.2) is 19.4 Å². The van der Waals surface area contributed by atoms with Crippen molar-refractivity contribution in [3.05, 3.63) is 22.2 Å². The summed E-state index contributed by atoms with van der Waals surface area (Å²) in [6.45, 7) is 2.05. The van der Waals surface area contributed by atoms with Crippen LogP contribution in [0.15, 0.2) is 21.1 Å². The minimum absolute atomic E-state index is 0.350. The third kappa shape index (κ3) is 2.40. The molecule has 0 spiro atoms. The molecule has 0 atom stereocenters. The van der Waals surface area contributed by atoms with Crippen LogP contribution in [0.1, 0.15) is 12.5 Å². The van der Waals surface area contributed by atoms with Gasteiger partial charge in [-0.1, -0.05) is 12.1 Å². The van der Waals surface area contributed by atoms with E-state index in [0.717, 1.165) is 22.0 Å². The third-order valence-electron chi connectivity index (χ3n) is 2.86. The zero-order valence-electron chi connectivity index (χ0n) is 11.0. The van der Waals surface area contributed by atoms with Crippen molar-refractivity contribution in [2.75, 3.05) is 20.0 Å². The highest BCUT2D eigenvalue weighted by atomic mass is 79.9. The highest BCUT2D eigenvalue weighted by molar-refractivity contribution is 9.10. The second-order valence-corrected chi connectivity index (χ2v) is 4.71. The van der Waals surface area contributed by atoms with Crippen LogP contribution in [-0.2, 0) is 6.42 Å². The number of halogens is 1. The number of nitrogens with two attached hydrogens (primary N) is 1. The van der Waals surface area contributed by atoms with Gasteiger partial charge in [0, 0.05) is 11.6 Å². The average Bonchev–Trinajstić information content (AvgIpc) is 2.84. The molecule has 0 saturated heterocycles. The maximum Gasteiger partial charge on any atom is 0.175 e. The van der Waals surface area contributed by atoms with Crippen LogP contribution in [0.5, 0.6) is 11.5 Å². The van der Waals surface area contributed by atoms with Gasteiger partial charge in [-0.2, -0.15) is 0 Å². The summed E-state index contributed by atoms with van der Waals surface area (Å²) in [6.07, 6.45) is 0.802. The molecule has 0 amide bonds. The molecule has 0 saturated carbocycles. The second-order valence-electron chi connectivity index (χ2n) is 3.92. The first-order chi connectivity index (χ1) is 9.12. The quantitative estimate of drug-likeness (QED) is 0.933. The van der Waals surface area contributed by atoms with Gasteiger partial charge in [-0.3, -0.25) is 0 Å². The van der Waals surface area contributed by atoms with E-state index in [9.17, 15) is 0 Å². The summed E-state index contributed by atoms with van der Waals surface area (Å²) in [7, 11) is 3.20. The summed E-state index contributed by atoms with van der Waals surface area (Å²) in [5, 5.41) is 3.71. The van der Waals surface area contributed by atoms with Crippen LogP contribution in [0.4, 0.5) is 5.82 Å². The Morgan fingerprint density at radius 2 is 2.05 bits per heavy atom. The Kier molecular flexibility index (Phi) is 3.99. The monoisotopic (exact) mass is 326 g/mol. The zero-order chi connectivity index (χ0) is 14.0. The van der Waals surface area contributed by atoms with E-state index in [0.29, 0.717) is 23.1 Å². The highest BCUT2D eigenvalue weighted by Gasteiger charge is 2.20. The van der Waals surface area contributed by atoms with Gasteiger partial charge >= 0.3 is 0 Å². The summed E-state index contributed by atoms with van der Waals surface area (Å²) in [5.74, 6) is 2.24. The minimum atomic E-state index is 0.350. The van der Waals surface area contributed by atoms with Gasteiger partial charge in [-0.15, -0.1) is 0 Å². The Morgan fingerprint density at radius 3 is 2.53 bits per heavy atom. The molecule has 102 valence electrons. The second kappa shape index (κ2) is 5.52. The largest absolute Gasteiger partial charge is 0.493 e. The van der Waals surface area contributed by atoms with Gasteiger partial charge in [0.25, 0.3) is 0 Å². The molecule has 1 aromatic carbocycles. The van der Waals surface area contributed by atoms with Gasteiger partial charge in [0.15, 0.2) is 23.1 Å². The van der Waals surface area contributed by atoms with Gasteiger partial charge in [0.2, 0.25) is 0 Å². The van der Waals surface area contributed by atoms with Gasteiger partial charge in [0.1, 0.15) is 0 Å². The summed E-state index contributed by atoms with van der Waals surface area (Å²) in [5.41, 5.74) is 7.53. The molecule has 19 heavy (non-hydrogen) atoms. The van der Waals surface area contributed by atoms with Crippen molar-refractivity contribution in [1.82, 2.24) is 5.16 Å². The Hall–Kier alpha value is -1.69. The lowest BCUT2D eigenvalue weighted by molar-refractivity contribution is 0.352. The number of hydrogen-bond donors (Lipinski definition) is 1. The first kappa shape index (κ1) is 13.7. The van der Waals surface area contributed by atoms with Crippen LogP contribution in [0.2, 0.25) is 0 Å². The molecule has 0 aliphatic carbocycles. The lowest BCUT2D eigenvalue weighted by atomic mass is 10.0. The average molecular weight is 327 g/mol. The number of nitrogen functional groups attached to an aromatic ring is 1. The van der Waals surface area contributed by atoms with E-state index in [1.165, 1.54) is 0 Å². The predicted octanol–water partition coefficient (Wildman–Crippen LogP) is 3.27. The Balaban J connectivity index is 2.69.